The quantitative estimate of drug-likeness (QED) is 0.572. The zero-order valence-electron chi connectivity index (χ0n) is 9.86. The summed E-state index contributed by atoms with van der Waals surface area (Å²) in [4.78, 5) is 2.41. The van der Waals surface area contributed by atoms with Crippen LogP contribution in [0.2, 0.25) is 0 Å². The van der Waals surface area contributed by atoms with Gasteiger partial charge in [0.25, 0.3) is 0 Å². The molecule has 0 saturated heterocycles. The van der Waals surface area contributed by atoms with Crippen LogP contribution in [0.15, 0.2) is 0 Å². The summed E-state index contributed by atoms with van der Waals surface area (Å²) in [6.07, 6.45) is 1.26. The van der Waals surface area contributed by atoms with Gasteiger partial charge in [0.15, 0.2) is 7.98 Å². The van der Waals surface area contributed by atoms with Gasteiger partial charge in [0.05, 0.1) is 0 Å². The Morgan fingerprint density at radius 3 is 1.67 bits per heavy atom. The van der Waals surface area contributed by atoms with Gasteiger partial charge in [0.2, 0.25) is 0 Å². The van der Waals surface area contributed by atoms with E-state index in [9.17, 15) is 0 Å². The maximum absolute atomic E-state index is 2.41. The molecular weight excluding hydrogens is 145 g/mol. The number of nitrogens with zero attached hydrogens (tertiary/aromatic N) is 1. The molecule has 1 nitrogen and oxygen atoms in total. The summed E-state index contributed by atoms with van der Waals surface area (Å²) >= 11 is 0. The molecule has 0 rings (SSSR count). The molecular formula is C10H24BN. The maximum Gasteiger partial charge on any atom is 0.186 e. The fourth-order valence-corrected chi connectivity index (χ4v) is 0.839. The normalized spacial score (nSPS) is 13.9. The predicted octanol–water partition coefficient (Wildman–Crippen LogP) is 2.07. The molecule has 0 heterocycles. The van der Waals surface area contributed by atoms with Gasteiger partial charge in [0, 0.05) is 5.54 Å². The Kier molecular flexibility index (Phi) is 3.83. The molecule has 0 unspecified atom stereocenters. The first-order chi connectivity index (χ1) is 5.13. The lowest BCUT2D eigenvalue weighted by molar-refractivity contribution is 0.224. The Morgan fingerprint density at radius 2 is 1.42 bits per heavy atom. The highest BCUT2D eigenvalue weighted by Gasteiger charge is 2.18. The molecule has 12 heavy (non-hydrogen) atoms. The molecule has 0 atom stereocenters. The Morgan fingerprint density at radius 1 is 1.00 bits per heavy atom. The van der Waals surface area contributed by atoms with E-state index in [4.69, 9.17) is 0 Å². The largest absolute Gasteiger partial charge is 0.344 e. The summed E-state index contributed by atoms with van der Waals surface area (Å²) in [7, 11) is 2.20. The SMILES string of the molecule is BN(CCC(C)(C)C)C(C)(C)C. The van der Waals surface area contributed by atoms with Crippen molar-refractivity contribution in [3.8, 4) is 0 Å². The molecule has 0 aromatic carbocycles. The molecule has 0 bridgehead atoms. The van der Waals surface area contributed by atoms with Crippen molar-refractivity contribution >= 4 is 7.98 Å². The van der Waals surface area contributed by atoms with Crippen molar-refractivity contribution < 1.29 is 0 Å². The van der Waals surface area contributed by atoms with Crippen molar-refractivity contribution in [2.45, 2.75) is 53.5 Å². The van der Waals surface area contributed by atoms with E-state index in [0.717, 1.165) is 0 Å². The van der Waals surface area contributed by atoms with Crippen molar-refractivity contribution in [2.75, 3.05) is 6.54 Å². The molecule has 0 aliphatic heterocycles. The lowest BCUT2D eigenvalue weighted by atomic mass is 9.90. The highest BCUT2D eigenvalue weighted by Crippen LogP contribution is 2.20. The monoisotopic (exact) mass is 169 g/mol. The molecule has 0 spiro atoms. The lowest BCUT2D eigenvalue weighted by Crippen LogP contribution is -2.40. The molecule has 2 heteroatoms. The summed E-state index contributed by atoms with van der Waals surface area (Å²) in [5.74, 6) is 0. The Balaban J connectivity index is 3.80. The molecule has 0 aromatic rings. The third-order valence-corrected chi connectivity index (χ3v) is 2.34. The van der Waals surface area contributed by atoms with Crippen LogP contribution in [0.4, 0.5) is 0 Å². The smallest absolute Gasteiger partial charge is 0.186 e. The zero-order valence-corrected chi connectivity index (χ0v) is 9.86. The second-order valence-corrected chi connectivity index (χ2v) is 5.90. The highest BCUT2D eigenvalue weighted by molar-refractivity contribution is 6.04. The molecule has 0 saturated carbocycles. The van der Waals surface area contributed by atoms with Gasteiger partial charge in [-0.15, -0.1) is 0 Å². The Hall–Kier alpha value is 0.0249. The first-order valence-electron chi connectivity index (χ1n) is 4.84. The maximum atomic E-state index is 2.41. The third kappa shape index (κ3) is 5.65. The van der Waals surface area contributed by atoms with E-state index >= 15 is 0 Å². The predicted molar refractivity (Wildman–Crippen MR) is 59.1 cm³/mol. The van der Waals surface area contributed by atoms with Crippen LogP contribution in [0, 0.1) is 5.41 Å². The van der Waals surface area contributed by atoms with Gasteiger partial charge in [-0.25, -0.2) is 0 Å². The average Bonchev–Trinajstić information content (AvgIpc) is 1.78. The van der Waals surface area contributed by atoms with Crippen molar-refractivity contribution in [2.24, 2.45) is 5.41 Å². The molecule has 72 valence electrons. The van der Waals surface area contributed by atoms with Crippen molar-refractivity contribution in [3.63, 3.8) is 0 Å². The second kappa shape index (κ2) is 3.82. The Bertz CT molecular complexity index is 130. The van der Waals surface area contributed by atoms with Crippen LogP contribution in [0.25, 0.3) is 0 Å². The van der Waals surface area contributed by atoms with Gasteiger partial charge in [-0.2, -0.15) is 0 Å². The van der Waals surface area contributed by atoms with Crippen LogP contribution in [0.1, 0.15) is 48.0 Å². The van der Waals surface area contributed by atoms with Crippen LogP contribution in [-0.2, 0) is 0 Å². The molecule has 0 aromatic heterocycles. The van der Waals surface area contributed by atoms with Crippen LogP contribution in [-0.4, -0.2) is 24.9 Å². The molecule has 0 aliphatic rings. The molecule has 0 aliphatic carbocycles. The first-order valence-corrected chi connectivity index (χ1v) is 4.84. The molecule has 0 fully saturated rings. The van der Waals surface area contributed by atoms with Crippen molar-refractivity contribution in [1.82, 2.24) is 4.81 Å². The van der Waals surface area contributed by atoms with Gasteiger partial charge in [0.1, 0.15) is 0 Å². The van der Waals surface area contributed by atoms with Gasteiger partial charge in [-0.1, -0.05) is 20.8 Å². The lowest BCUT2D eigenvalue weighted by Gasteiger charge is -2.34. The summed E-state index contributed by atoms with van der Waals surface area (Å²) in [6, 6.07) is 0. The van der Waals surface area contributed by atoms with E-state index in [1.165, 1.54) is 13.0 Å². The first kappa shape index (κ1) is 12.0. The van der Waals surface area contributed by atoms with Crippen molar-refractivity contribution in [1.29, 1.82) is 0 Å². The standard InChI is InChI=1S/C10H24BN/c1-9(2,3)7-8-12(11)10(4,5)6/h7-8,11H2,1-6H3. The van der Waals surface area contributed by atoms with E-state index < -0.39 is 0 Å². The Labute approximate surface area is 79.0 Å². The molecule has 0 amide bonds. The minimum Gasteiger partial charge on any atom is -0.344 e. The fraction of sp³-hybridized carbons (Fsp3) is 1.00. The van der Waals surface area contributed by atoms with Crippen molar-refractivity contribution in [3.05, 3.63) is 0 Å². The minimum absolute atomic E-state index is 0.311. The number of hydrogen-bond acceptors (Lipinski definition) is 1. The van der Waals surface area contributed by atoms with Gasteiger partial charge in [-0.3, -0.25) is 0 Å². The highest BCUT2D eigenvalue weighted by atomic mass is 15.1. The summed E-state index contributed by atoms with van der Waals surface area (Å²) in [5.41, 5.74) is 0.769. The van der Waals surface area contributed by atoms with Crippen LogP contribution >= 0.6 is 0 Å². The molecule has 0 N–H and O–H groups in total. The topological polar surface area (TPSA) is 3.24 Å². The molecule has 0 radical (unpaired) electrons. The van der Waals surface area contributed by atoms with Gasteiger partial charge < -0.3 is 4.81 Å². The van der Waals surface area contributed by atoms with Crippen LogP contribution < -0.4 is 0 Å². The number of hydrogen-bond donors (Lipinski definition) is 0. The van der Waals surface area contributed by atoms with E-state index in [1.54, 1.807) is 0 Å². The summed E-state index contributed by atoms with van der Waals surface area (Å²) in [5, 5.41) is 0. The van der Waals surface area contributed by atoms with Gasteiger partial charge in [-0.05, 0) is 39.2 Å². The minimum atomic E-state index is 0.311. The van der Waals surface area contributed by atoms with E-state index in [-0.39, 0.29) is 0 Å². The zero-order chi connectivity index (χ0) is 9.99. The van der Waals surface area contributed by atoms with E-state index in [0.29, 0.717) is 11.0 Å². The summed E-state index contributed by atoms with van der Waals surface area (Å²) in [6.45, 7) is 14.9. The summed E-state index contributed by atoms with van der Waals surface area (Å²) < 4.78 is 0. The van der Waals surface area contributed by atoms with E-state index in [2.05, 4.69) is 54.3 Å². The van der Waals surface area contributed by atoms with E-state index in [1.807, 2.05) is 0 Å². The van der Waals surface area contributed by atoms with Crippen LogP contribution in [0.3, 0.4) is 0 Å². The average molecular weight is 169 g/mol. The van der Waals surface area contributed by atoms with Gasteiger partial charge >= 0.3 is 0 Å². The third-order valence-electron chi connectivity index (χ3n) is 2.34. The number of rotatable bonds is 2. The second-order valence-electron chi connectivity index (χ2n) is 5.90. The van der Waals surface area contributed by atoms with Crippen LogP contribution in [0.5, 0.6) is 0 Å². The fourth-order valence-electron chi connectivity index (χ4n) is 0.839.